The van der Waals surface area contributed by atoms with Gasteiger partial charge in [-0.3, -0.25) is 9.69 Å². The third kappa shape index (κ3) is 5.15. The van der Waals surface area contributed by atoms with Gasteiger partial charge in [0, 0.05) is 13.1 Å². The van der Waals surface area contributed by atoms with Crippen molar-refractivity contribution in [3.63, 3.8) is 0 Å². The Labute approximate surface area is 187 Å². The molecule has 3 aromatic rings. The largest absolute Gasteiger partial charge is 0.302 e. The molecule has 1 amide bonds. The zero-order valence-electron chi connectivity index (χ0n) is 17.9. The molecule has 0 aliphatic heterocycles. The van der Waals surface area contributed by atoms with E-state index in [2.05, 4.69) is 49.7 Å². The molecule has 29 heavy (non-hydrogen) atoms. The Hall–Kier alpha value is -1.54. The lowest BCUT2D eigenvalue weighted by Crippen LogP contribution is -2.38. The second-order valence-electron chi connectivity index (χ2n) is 7.06. The minimum Gasteiger partial charge on any atom is -0.302 e. The Balaban J connectivity index is 0.00000300. The fourth-order valence-electron chi connectivity index (χ4n) is 3.39. The molecule has 0 saturated carbocycles. The number of benzene rings is 1. The molecular formula is C21H29ClN4OS2. The first-order chi connectivity index (χ1) is 13.3. The Morgan fingerprint density at radius 3 is 2.28 bits per heavy atom. The number of anilines is 1. The molecule has 0 saturated heterocycles. The van der Waals surface area contributed by atoms with Crippen LogP contribution < -0.4 is 4.90 Å². The van der Waals surface area contributed by atoms with Gasteiger partial charge in [0.15, 0.2) is 5.13 Å². The Morgan fingerprint density at radius 1 is 1.00 bits per heavy atom. The molecule has 2 heterocycles. The zero-order chi connectivity index (χ0) is 20.4. The highest BCUT2D eigenvalue weighted by Crippen LogP contribution is 2.33. The van der Waals surface area contributed by atoms with Gasteiger partial charge in [-0.25, -0.2) is 9.97 Å². The van der Waals surface area contributed by atoms with E-state index in [0.717, 1.165) is 51.2 Å². The second-order valence-corrected chi connectivity index (χ2v) is 9.27. The van der Waals surface area contributed by atoms with E-state index in [1.54, 1.807) is 11.3 Å². The first-order valence-electron chi connectivity index (χ1n) is 9.70. The van der Waals surface area contributed by atoms with E-state index >= 15 is 0 Å². The van der Waals surface area contributed by atoms with Gasteiger partial charge < -0.3 is 4.90 Å². The highest BCUT2D eigenvalue weighted by molar-refractivity contribution is 7.22. The Kier molecular flexibility index (Phi) is 8.17. The van der Waals surface area contributed by atoms with Crippen molar-refractivity contribution in [1.29, 1.82) is 0 Å². The molecule has 2 aromatic heterocycles. The lowest BCUT2D eigenvalue weighted by atomic mass is 10.1. The van der Waals surface area contributed by atoms with Gasteiger partial charge in [0.1, 0.15) is 4.88 Å². The molecule has 0 atom stereocenters. The third-order valence-electron chi connectivity index (χ3n) is 4.93. The summed E-state index contributed by atoms with van der Waals surface area (Å²) in [5, 5.41) is 1.69. The van der Waals surface area contributed by atoms with Gasteiger partial charge >= 0.3 is 0 Å². The smallest absolute Gasteiger partial charge is 0.272 e. The van der Waals surface area contributed by atoms with Crippen molar-refractivity contribution in [2.24, 2.45) is 0 Å². The molecule has 0 unspecified atom stereocenters. The summed E-state index contributed by atoms with van der Waals surface area (Å²) < 4.78 is 1.13. The molecule has 0 N–H and O–H groups in total. The summed E-state index contributed by atoms with van der Waals surface area (Å²) in [5.41, 5.74) is 4.16. The molecule has 1 aromatic carbocycles. The van der Waals surface area contributed by atoms with Crippen LogP contribution >= 0.6 is 35.1 Å². The molecule has 8 heteroatoms. The number of aryl methyl sites for hydroxylation is 4. The lowest BCUT2D eigenvalue weighted by molar-refractivity contribution is 0.0987. The first-order valence-corrected chi connectivity index (χ1v) is 11.3. The van der Waals surface area contributed by atoms with Crippen molar-refractivity contribution < 1.29 is 4.79 Å². The van der Waals surface area contributed by atoms with E-state index in [-0.39, 0.29) is 18.3 Å². The van der Waals surface area contributed by atoms with Gasteiger partial charge in [0.05, 0.1) is 20.9 Å². The lowest BCUT2D eigenvalue weighted by Gasteiger charge is -2.24. The SMILES string of the molecule is CCN(CC)CCN(C(=O)c1sc(C)nc1C)c1nc2c(C)cc(C)cc2s1.Cl. The van der Waals surface area contributed by atoms with Gasteiger partial charge in [-0.1, -0.05) is 31.3 Å². The van der Waals surface area contributed by atoms with Crippen LogP contribution in [0, 0.1) is 27.7 Å². The number of halogens is 1. The van der Waals surface area contributed by atoms with Crippen LogP contribution in [0.2, 0.25) is 0 Å². The molecule has 5 nitrogen and oxygen atoms in total. The van der Waals surface area contributed by atoms with E-state index in [0.29, 0.717) is 11.4 Å². The van der Waals surface area contributed by atoms with Crippen LogP contribution in [-0.4, -0.2) is 47.0 Å². The average Bonchev–Trinajstić information content (AvgIpc) is 3.21. The second kappa shape index (κ2) is 9.98. The van der Waals surface area contributed by atoms with Crippen LogP contribution in [0.4, 0.5) is 5.13 Å². The van der Waals surface area contributed by atoms with Crippen molar-refractivity contribution in [2.75, 3.05) is 31.1 Å². The number of aromatic nitrogens is 2. The quantitative estimate of drug-likeness (QED) is 0.481. The van der Waals surface area contributed by atoms with E-state index in [1.165, 1.54) is 16.9 Å². The summed E-state index contributed by atoms with van der Waals surface area (Å²) >= 11 is 3.06. The van der Waals surface area contributed by atoms with E-state index in [4.69, 9.17) is 4.98 Å². The molecule has 0 aliphatic rings. The topological polar surface area (TPSA) is 49.3 Å². The number of likely N-dealkylation sites (N-methyl/N-ethyl adjacent to an activating group) is 1. The van der Waals surface area contributed by atoms with Gasteiger partial charge in [-0.15, -0.1) is 23.7 Å². The maximum absolute atomic E-state index is 13.4. The van der Waals surface area contributed by atoms with Gasteiger partial charge in [0.2, 0.25) is 0 Å². The van der Waals surface area contributed by atoms with E-state index in [9.17, 15) is 4.79 Å². The predicted molar refractivity (Wildman–Crippen MR) is 127 cm³/mol. The van der Waals surface area contributed by atoms with Crippen LogP contribution in [-0.2, 0) is 0 Å². The number of fused-ring (bicyclic) bond motifs is 1. The molecule has 0 aliphatic carbocycles. The molecule has 158 valence electrons. The minimum absolute atomic E-state index is 0. The summed E-state index contributed by atoms with van der Waals surface area (Å²) in [6, 6.07) is 4.29. The molecule has 3 rings (SSSR count). The van der Waals surface area contributed by atoms with Crippen LogP contribution in [0.5, 0.6) is 0 Å². The summed E-state index contributed by atoms with van der Waals surface area (Å²) in [6.45, 7) is 15.7. The monoisotopic (exact) mass is 452 g/mol. The average molecular weight is 453 g/mol. The fraction of sp³-hybridized carbons (Fsp3) is 0.476. The van der Waals surface area contributed by atoms with E-state index < -0.39 is 0 Å². The molecule has 0 radical (unpaired) electrons. The third-order valence-corrected chi connectivity index (χ3v) is 7.01. The number of hydrogen-bond donors (Lipinski definition) is 0. The Morgan fingerprint density at radius 2 is 1.69 bits per heavy atom. The minimum atomic E-state index is 0. The summed E-state index contributed by atoms with van der Waals surface area (Å²) in [4.78, 5) is 27.6. The zero-order valence-corrected chi connectivity index (χ0v) is 20.4. The number of amides is 1. The summed E-state index contributed by atoms with van der Waals surface area (Å²) in [7, 11) is 0. The number of rotatable bonds is 7. The summed E-state index contributed by atoms with van der Waals surface area (Å²) in [6.07, 6.45) is 0. The maximum atomic E-state index is 13.4. The van der Waals surface area contributed by atoms with Gasteiger partial charge in [0.25, 0.3) is 5.91 Å². The standard InChI is InChI=1S/C21H28N4OS2.ClH/c1-7-24(8-2)9-10-25(20(26)19-15(5)22-16(6)27-19)21-23-18-14(4)11-13(3)12-17(18)28-21;/h11-12H,7-10H2,1-6H3;1H. The molecule has 0 spiro atoms. The number of hydrogen-bond acceptors (Lipinski definition) is 6. The van der Waals surface area contributed by atoms with E-state index in [1.807, 2.05) is 18.7 Å². The predicted octanol–water partition coefficient (Wildman–Crippen LogP) is 5.40. The number of thiazole rings is 2. The van der Waals surface area contributed by atoms with Crippen LogP contribution in [0.25, 0.3) is 10.2 Å². The highest BCUT2D eigenvalue weighted by atomic mass is 35.5. The van der Waals surface area contributed by atoms with Gasteiger partial charge in [-0.05, 0) is 58.0 Å². The van der Waals surface area contributed by atoms with Crippen LogP contribution in [0.1, 0.15) is 45.3 Å². The summed E-state index contributed by atoms with van der Waals surface area (Å²) in [5.74, 6) is 0.00341. The normalized spacial score (nSPS) is 11.1. The highest BCUT2D eigenvalue weighted by Gasteiger charge is 2.25. The number of carbonyl (C=O) groups is 1. The van der Waals surface area contributed by atoms with Crippen molar-refractivity contribution in [2.45, 2.75) is 41.5 Å². The Bertz CT molecular complexity index is 994. The van der Waals surface area contributed by atoms with Crippen LogP contribution in [0.3, 0.4) is 0 Å². The molecular weight excluding hydrogens is 424 g/mol. The van der Waals surface area contributed by atoms with Gasteiger partial charge in [-0.2, -0.15) is 0 Å². The van der Waals surface area contributed by atoms with Crippen molar-refractivity contribution in [1.82, 2.24) is 14.9 Å². The first kappa shape index (κ1) is 23.7. The number of nitrogens with zero attached hydrogens (tertiary/aromatic N) is 4. The van der Waals surface area contributed by atoms with Crippen LogP contribution in [0.15, 0.2) is 12.1 Å². The fourth-order valence-corrected chi connectivity index (χ4v) is 5.43. The van der Waals surface area contributed by atoms with Crippen molar-refractivity contribution >= 4 is 56.3 Å². The molecule has 0 bridgehead atoms. The van der Waals surface area contributed by atoms with Crippen molar-refractivity contribution in [3.8, 4) is 0 Å². The van der Waals surface area contributed by atoms with Crippen molar-refractivity contribution in [3.05, 3.63) is 38.8 Å². The molecule has 0 fully saturated rings. The number of carbonyl (C=O) groups excluding carboxylic acids is 1. The maximum Gasteiger partial charge on any atom is 0.272 e.